The third-order valence-corrected chi connectivity index (χ3v) is 4.50. The Morgan fingerprint density at radius 3 is 2.48 bits per heavy atom. The monoisotopic (exact) mass is 371 g/mol. The molecule has 1 nitrogen and oxygen atoms in total. The van der Waals surface area contributed by atoms with Crippen LogP contribution in [0.4, 0.5) is 8.78 Å². The molecule has 0 heterocycles. The molecule has 0 radical (unpaired) electrons. The van der Waals surface area contributed by atoms with Crippen molar-refractivity contribution in [2.75, 3.05) is 0 Å². The summed E-state index contributed by atoms with van der Waals surface area (Å²) in [4.78, 5) is 1.38. The Balaban J connectivity index is 2.26. The minimum absolute atomic E-state index is 0.365. The van der Waals surface area contributed by atoms with Gasteiger partial charge in [-0.25, -0.2) is 8.78 Å². The van der Waals surface area contributed by atoms with Gasteiger partial charge in [0, 0.05) is 32.9 Å². The fourth-order valence-corrected chi connectivity index (χ4v) is 3.11. The van der Waals surface area contributed by atoms with Crippen LogP contribution in [0, 0.1) is 11.6 Å². The molecule has 0 unspecified atom stereocenters. The van der Waals surface area contributed by atoms with Gasteiger partial charge in [-0.3, -0.25) is 0 Å². The smallest absolute Gasteiger partial charge is 0.140 e. The van der Waals surface area contributed by atoms with E-state index in [1.165, 1.54) is 23.9 Å². The van der Waals surface area contributed by atoms with Crippen LogP contribution in [0.25, 0.3) is 0 Å². The van der Waals surface area contributed by atoms with Crippen molar-refractivity contribution in [1.29, 1.82) is 0 Å². The Kier molecular flexibility index (Phi) is 5.79. The molecule has 0 atom stereocenters. The normalized spacial score (nSPS) is 11.1. The molecule has 1 N–H and O–H groups in total. The summed E-state index contributed by atoms with van der Waals surface area (Å²) < 4.78 is 27.7. The van der Waals surface area contributed by atoms with Crippen molar-refractivity contribution in [1.82, 2.24) is 5.32 Å². The Hall–Kier alpha value is -0.910. The van der Waals surface area contributed by atoms with E-state index in [1.54, 1.807) is 0 Å². The van der Waals surface area contributed by atoms with Crippen LogP contribution in [0.3, 0.4) is 0 Å². The first kappa shape index (κ1) is 16.5. The summed E-state index contributed by atoms with van der Waals surface area (Å²) in [5.41, 5.74) is 1.08. The molecule has 0 aromatic heterocycles. The third kappa shape index (κ3) is 4.80. The maximum atomic E-state index is 13.8. The molecule has 0 spiro atoms. The molecule has 2 rings (SSSR count). The van der Waals surface area contributed by atoms with Crippen molar-refractivity contribution >= 4 is 27.7 Å². The molecule has 0 amide bonds. The average molecular weight is 372 g/mol. The first-order chi connectivity index (χ1) is 9.95. The molecule has 21 heavy (non-hydrogen) atoms. The maximum absolute atomic E-state index is 13.8. The summed E-state index contributed by atoms with van der Waals surface area (Å²) in [7, 11) is 0. The maximum Gasteiger partial charge on any atom is 0.140 e. The highest BCUT2D eigenvalue weighted by atomic mass is 79.9. The van der Waals surface area contributed by atoms with Crippen LogP contribution in [0.1, 0.15) is 19.4 Å². The number of nitrogens with one attached hydrogen (secondary N) is 1. The molecule has 0 aliphatic carbocycles. The molecule has 0 aliphatic heterocycles. The van der Waals surface area contributed by atoms with E-state index in [0.29, 0.717) is 17.5 Å². The second-order valence-electron chi connectivity index (χ2n) is 4.96. The highest BCUT2D eigenvalue weighted by molar-refractivity contribution is 9.10. The van der Waals surface area contributed by atoms with Gasteiger partial charge in [0.15, 0.2) is 0 Å². The molecular weight excluding hydrogens is 356 g/mol. The van der Waals surface area contributed by atoms with E-state index in [2.05, 4.69) is 35.1 Å². The van der Waals surface area contributed by atoms with E-state index in [4.69, 9.17) is 0 Å². The number of halogens is 3. The van der Waals surface area contributed by atoms with Gasteiger partial charge in [0.25, 0.3) is 0 Å². The lowest BCUT2D eigenvalue weighted by Crippen LogP contribution is -2.22. The minimum Gasteiger partial charge on any atom is -0.310 e. The average Bonchev–Trinajstić information content (AvgIpc) is 2.41. The number of rotatable bonds is 5. The van der Waals surface area contributed by atoms with Crippen LogP contribution in [-0.2, 0) is 6.54 Å². The Labute approximate surface area is 136 Å². The zero-order valence-corrected chi connectivity index (χ0v) is 14.2. The molecule has 0 fully saturated rings. The van der Waals surface area contributed by atoms with E-state index in [-0.39, 0.29) is 0 Å². The quantitative estimate of drug-likeness (QED) is 0.757. The van der Waals surface area contributed by atoms with Crippen molar-refractivity contribution in [3.8, 4) is 0 Å². The van der Waals surface area contributed by atoms with Crippen molar-refractivity contribution in [3.05, 3.63) is 58.1 Å². The fraction of sp³-hybridized carbons (Fsp3) is 0.250. The van der Waals surface area contributed by atoms with Gasteiger partial charge in [0.1, 0.15) is 11.6 Å². The van der Waals surface area contributed by atoms with Crippen molar-refractivity contribution in [2.24, 2.45) is 0 Å². The standard InChI is InChI=1S/C16H16BrF2NS/c1-10(2)20-9-11-7-12(17)3-5-15(11)21-16-6-4-13(18)8-14(16)19/h3-8,10,20H,9H2,1-2H3. The Morgan fingerprint density at radius 2 is 1.81 bits per heavy atom. The zero-order chi connectivity index (χ0) is 15.4. The Morgan fingerprint density at radius 1 is 1.10 bits per heavy atom. The van der Waals surface area contributed by atoms with E-state index in [9.17, 15) is 8.78 Å². The SMILES string of the molecule is CC(C)NCc1cc(Br)ccc1Sc1ccc(F)cc1F. The van der Waals surface area contributed by atoms with E-state index < -0.39 is 11.6 Å². The lowest BCUT2D eigenvalue weighted by Gasteiger charge is -2.13. The lowest BCUT2D eigenvalue weighted by atomic mass is 10.2. The van der Waals surface area contributed by atoms with Gasteiger partial charge in [-0.15, -0.1) is 0 Å². The molecule has 0 saturated heterocycles. The molecule has 0 aliphatic rings. The number of benzene rings is 2. The molecule has 112 valence electrons. The Bertz CT molecular complexity index is 632. The molecule has 2 aromatic rings. The number of hydrogen-bond donors (Lipinski definition) is 1. The van der Waals surface area contributed by atoms with Gasteiger partial charge < -0.3 is 5.32 Å². The zero-order valence-electron chi connectivity index (χ0n) is 11.8. The van der Waals surface area contributed by atoms with Crippen molar-refractivity contribution in [2.45, 2.75) is 36.2 Å². The van der Waals surface area contributed by atoms with Gasteiger partial charge in [0.2, 0.25) is 0 Å². The largest absolute Gasteiger partial charge is 0.310 e. The molecule has 0 bridgehead atoms. The van der Waals surface area contributed by atoms with E-state index >= 15 is 0 Å². The van der Waals surface area contributed by atoms with Crippen molar-refractivity contribution < 1.29 is 8.78 Å². The van der Waals surface area contributed by atoms with Gasteiger partial charge in [-0.1, -0.05) is 41.5 Å². The van der Waals surface area contributed by atoms with Crippen LogP contribution in [-0.4, -0.2) is 6.04 Å². The fourth-order valence-electron chi connectivity index (χ4n) is 1.78. The minimum atomic E-state index is -0.561. The molecule has 2 aromatic carbocycles. The summed E-state index contributed by atoms with van der Waals surface area (Å²) >= 11 is 4.76. The van der Waals surface area contributed by atoms with Crippen LogP contribution in [0.2, 0.25) is 0 Å². The molecular formula is C16H16BrF2NS. The van der Waals surface area contributed by atoms with Crippen LogP contribution in [0.15, 0.2) is 50.7 Å². The van der Waals surface area contributed by atoms with Crippen LogP contribution < -0.4 is 5.32 Å². The predicted molar refractivity (Wildman–Crippen MR) is 86.6 cm³/mol. The summed E-state index contributed by atoms with van der Waals surface area (Å²) in [6.07, 6.45) is 0. The van der Waals surface area contributed by atoms with E-state index in [0.717, 1.165) is 21.0 Å². The first-order valence-electron chi connectivity index (χ1n) is 6.60. The lowest BCUT2D eigenvalue weighted by molar-refractivity contribution is 0.565. The van der Waals surface area contributed by atoms with Gasteiger partial charge in [-0.2, -0.15) is 0 Å². The summed E-state index contributed by atoms with van der Waals surface area (Å²) in [5, 5.41) is 3.35. The van der Waals surface area contributed by atoms with E-state index in [1.807, 2.05) is 18.2 Å². The number of hydrogen-bond acceptors (Lipinski definition) is 2. The summed E-state index contributed by atoms with van der Waals surface area (Å²) in [5.74, 6) is -1.10. The highest BCUT2D eigenvalue weighted by Gasteiger charge is 2.10. The molecule has 0 saturated carbocycles. The van der Waals surface area contributed by atoms with Crippen molar-refractivity contribution in [3.63, 3.8) is 0 Å². The predicted octanol–water partition coefficient (Wildman–Crippen LogP) is 5.38. The topological polar surface area (TPSA) is 12.0 Å². The third-order valence-electron chi connectivity index (χ3n) is 2.84. The molecule has 5 heteroatoms. The van der Waals surface area contributed by atoms with Gasteiger partial charge >= 0.3 is 0 Å². The van der Waals surface area contributed by atoms with Crippen LogP contribution in [0.5, 0.6) is 0 Å². The van der Waals surface area contributed by atoms with Gasteiger partial charge in [0.05, 0.1) is 0 Å². The summed E-state index contributed by atoms with van der Waals surface area (Å²) in [6.45, 7) is 4.84. The van der Waals surface area contributed by atoms with Crippen LogP contribution >= 0.6 is 27.7 Å². The second kappa shape index (κ2) is 7.38. The first-order valence-corrected chi connectivity index (χ1v) is 8.21. The van der Waals surface area contributed by atoms with Gasteiger partial charge in [-0.05, 0) is 35.9 Å². The second-order valence-corrected chi connectivity index (χ2v) is 6.96. The highest BCUT2D eigenvalue weighted by Crippen LogP contribution is 2.33. The summed E-state index contributed by atoms with van der Waals surface area (Å²) in [6, 6.07) is 9.89.